The highest BCUT2D eigenvalue weighted by Crippen LogP contribution is 2.78. The van der Waals surface area contributed by atoms with Crippen molar-refractivity contribution < 1.29 is 68.0 Å². The number of cyclic esters (lactones) is 1. The van der Waals surface area contributed by atoms with Gasteiger partial charge in [-0.3, -0.25) is 9.59 Å². The van der Waals surface area contributed by atoms with Crippen LogP contribution in [0.25, 0.3) is 0 Å². The zero-order valence-corrected chi connectivity index (χ0v) is 26.2. The number of carboxylic acids is 1. The van der Waals surface area contributed by atoms with Gasteiger partial charge in [0.2, 0.25) is 0 Å². The zero-order chi connectivity index (χ0) is 33.2. The standard InChI is InChI=1S/C32H42O14/c1-28(2)17-9-18(34)30(4)16(31(17)13-42-20(35)10-19(31)45-28)5-7-29(3,32(30)25(46-32)26(39)40)24(14-6-8-41-12-14)44-27-23(38)22(37)21(36)15(11-33)43-27/h6,8,12,15-17,19,21-25,27,33,36-38H,5,7,9-11,13H2,1-4H3,(H,39,40)/t15-,16+,17+,19+,21+,22+,23+,24-,25+,27-,29-,30+,31+,32-/m0/s1. The molecular formula is C32H42O14. The maximum atomic E-state index is 14.7. The van der Waals surface area contributed by atoms with Crippen molar-refractivity contribution in [3.8, 4) is 0 Å². The molecule has 14 nitrogen and oxygen atoms in total. The molecular weight excluding hydrogens is 608 g/mol. The van der Waals surface area contributed by atoms with Crippen molar-refractivity contribution in [2.75, 3.05) is 13.2 Å². The van der Waals surface area contributed by atoms with Crippen LogP contribution in [0, 0.1) is 28.1 Å². The zero-order valence-electron chi connectivity index (χ0n) is 26.2. The van der Waals surface area contributed by atoms with E-state index in [1.807, 2.05) is 13.8 Å². The molecule has 7 rings (SSSR count). The lowest BCUT2D eigenvalue weighted by Crippen LogP contribution is -2.72. The third kappa shape index (κ3) is 3.89. The summed E-state index contributed by atoms with van der Waals surface area (Å²) in [4.78, 5) is 40.1. The summed E-state index contributed by atoms with van der Waals surface area (Å²) in [6.45, 7) is 6.73. The quantitative estimate of drug-likeness (QED) is 0.209. The van der Waals surface area contributed by atoms with E-state index in [1.165, 1.54) is 12.5 Å². The van der Waals surface area contributed by atoms with E-state index in [9.17, 15) is 39.9 Å². The summed E-state index contributed by atoms with van der Waals surface area (Å²) in [5.41, 5.74) is -5.40. The molecule has 0 aromatic carbocycles. The SMILES string of the molecule is CC1(C)O[C@@H]2CC(=O)OC[C@@]23[C@@H]1CC(=O)[C@@]1(C)[C@H]3CC[C@@](C)([C@@H](O[C@@H]2O[C@@H](CO)[C@@H](O)[C@@H](O)[C@H]2O)c2ccoc2)[C@]12O[C@@H]2C(=O)O. The molecule has 4 aliphatic heterocycles. The number of ether oxygens (including phenoxy) is 5. The van der Waals surface area contributed by atoms with E-state index >= 15 is 0 Å². The molecule has 14 atom stereocenters. The fraction of sp³-hybridized carbons (Fsp3) is 0.781. The van der Waals surface area contributed by atoms with Crippen molar-refractivity contribution in [2.24, 2.45) is 28.1 Å². The van der Waals surface area contributed by atoms with Gasteiger partial charge in [0.15, 0.2) is 12.4 Å². The van der Waals surface area contributed by atoms with Crippen LogP contribution in [0.3, 0.4) is 0 Å². The minimum atomic E-state index is -1.74. The summed E-state index contributed by atoms with van der Waals surface area (Å²) in [7, 11) is 0. The van der Waals surface area contributed by atoms with Gasteiger partial charge in [-0.1, -0.05) is 6.92 Å². The van der Waals surface area contributed by atoms with Crippen LogP contribution in [0.5, 0.6) is 0 Å². The van der Waals surface area contributed by atoms with Crippen LogP contribution < -0.4 is 0 Å². The van der Waals surface area contributed by atoms with Crippen LogP contribution >= 0.6 is 0 Å². The normalized spacial score (nSPS) is 49.9. The van der Waals surface area contributed by atoms with E-state index in [2.05, 4.69) is 0 Å². The number of epoxide rings is 1. The van der Waals surface area contributed by atoms with Crippen LogP contribution in [0.2, 0.25) is 0 Å². The molecule has 6 fully saturated rings. The summed E-state index contributed by atoms with van der Waals surface area (Å²) in [6.07, 6.45) is -7.39. The maximum Gasteiger partial charge on any atom is 0.335 e. The number of carbonyl (C=O) groups excluding carboxylic acids is 2. The molecule has 6 aliphatic rings. The van der Waals surface area contributed by atoms with Crippen LogP contribution in [0.4, 0.5) is 0 Å². The maximum absolute atomic E-state index is 14.7. The van der Waals surface area contributed by atoms with Gasteiger partial charge in [-0.2, -0.15) is 0 Å². The smallest absolute Gasteiger partial charge is 0.335 e. The third-order valence-corrected chi connectivity index (χ3v) is 12.6. The first kappa shape index (κ1) is 32.1. The molecule has 1 aromatic rings. The third-order valence-electron chi connectivity index (χ3n) is 12.6. The predicted octanol–water partition coefficient (Wildman–Crippen LogP) is 0.482. The second-order valence-electron chi connectivity index (χ2n) is 14.9. The Morgan fingerprint density at radius 3 is 2.41 bits per heavy atom. The van der Waals surface area contributed by atoms with Gasteiger partial charge < -0.3 is 53.6 Å². The molecule has 0 amide bonds. The van der Waals surface area contributed by atoms with Crippen molar-refractivity contribution in [1.29, 1.82) is 0 Å². The van der Waals surface area contributed by atoms with E-state index in [1.54, 1.807) is 19.9 Å². The lowest BCUT2D eigenvalue weighted by atomic mass is 9.37. The predicted molar refractivity (Wildman–Crippen MR) is 151 cm³/mol. The number of ketones is 1. The highest BCUT2D eigenvalue weighted by Gasteiger charge is 2.88. The summed E-state index contributed by atoms with van der Waals surface area (Å²) in [5, 5.41) is 52.1. The Morgan fingerprint density at radius 2 is 1.78 bits per heavy atom. The van der Waals surface area contributed by atoms with E-state index in [4.69, 9.17) is 28.1 Å². The highest BCUT2D eigenvalue weighted by atomic mass is 16.7. The molecule has 4 saturated heterocycles. The lowest BCUT2D eigenvalue weighted by Gasteiger charge is -2.64. The summed E-state index contributed by atoms with van der Waals surface area (Å²) < 4.78 is 36.1. The highest BCUT2D eigenvalue weighted by molar-refractivity contribution is 5.92. The second kappa shape index (κ2) is 10.3. The van der Waals surface area contributed by atoms with Crippen molar-refractivity contribution in [2.45, 2.75) is 114 Å². The van der Waals surface area contributed by atoms with Crippen molar-refractivity contribution >= 4 is 17.7 Å². The van der Waals surface area contributed by atoms with Crippen LogP contribution in [-0.2, 0) is 38.1 Å². The van der Waals surface area contributed by atoms with Gasteiger partial charge in [0.1, 0.15) is 42.4 Å². The molecule has 5 N–H and O–H groups in total. The minimum absolute atomic E-state index is 0.0199. The average Bonchev–Trinajstić information content (AvgIpc) is 3.48. The molecule has 46 heavy (non-hydrogen) atoms. The molecule has 0 radical (unpaired) electrons. The molecule has 2 saturated carbocycles. The fourth-order valence-corrected chi connectivity index (χ4v) is 10.5. The molecule has 1 aromatic heterocycles. The van der Waals surface area contributed by atoms with E-state index in [-0.39, 0.29) is 43.5 Å². The van der Waals surface area contributed by atoms with Gasteiger partial charge in [0.05, 0.1) is 48.8 Å². The van der Waals surface area contributed by atoms with Crippen LogP contribution in [-0.4, -0.2) is 111 Å². The molecule has 254 valence electrons. The monoisotopic (exact) mass is 650 g/mol. The number of aliphatic hydroxyl groups excluding tert-OH is 4. The molecule has 5 heterocycles. The number of carboxylic acid groups (broad SMARTS) is 1. The number of Topliss-reactive ketones (excluding diaryl/α,β-unsaturated/α-hetero) is 1. The van der Waals surface area contributed by atoms with Crippen molar-refractivity contribution in [3.63, 3.8) is 0 Å². The van der Waals surface area contributed by atoms with Gasteiger partial charge in [-0.15, -0.1) is 0 Å². The second-order valence-corrected chi connectivity index (χ2v) is 14.9. The Labute approximate surface area is 264 Å². The Balaban J connectivity index is 1.35. The Morgan fingerprint density at radius 1 is 1.04 bits per heavy atom. The average molecular weight is 651 g/mol. The van der Waals surface area contributed by atoms with Gasteiger partial charge >= 0.3 is 11.9 Å². The first-order valence-electron chi connectivity index (χ1n) is 15.9. The van der Waals surface area contributed by atoms with Crippen LogP contribution in [0.1, 0.15) is 65.0 Å². The number of hydrogen-bond acceptors (Lipinski definition) is 13. The first-order chi connectivity index (χ1) is 21.6. The number of hydrogen-bond donors (Lipinski definition) is 5. The van der Waals surface area contributed by atoms with Gasteiger partial charge in [0.25, 0.3) is 0 Å². The number of esters is 1. The van der Waals surface area contributed by atoms with Gasteiger partial charge in [-0.05, 0) is 45.6 Å². The molecule has 14 heteroatoms. The number of aliphatic hydroxyl groups is 4. The molecule has 2 spiro atoms. The van der Waals surface area contributed by atoms with E-state index in [0.29, 0.717) is 12.0 Å². The summed E-state index contributed by atoms with van der Waals surface area (Å²) >= 11 is 0. The summed E-state index contributed by atoms with van der Waals surface area (Å²) in [5.74, 6) is -2.60. The number of aliphatic carboxylic acids is 1. The van der Waals surface area contributed by atoms with Crippen molar-refractivity contribution in [3.05, 3.63) is 24.2 Å². The Kier molecular flexibility index (Phi) is 7.19. The Bertz CT molecular complexity index is 1410. The van der Waals surface area contributed by atoms with E-state index < -0.39 is 95.0 Å². The van der Waals surface area contributed by atoms with Crippen LogP contribution in [0.15, 0.2) is 23.0 Å². The molecule has 0 bridgehead atoms. The Hall–Kier alpha value is -2.43. The summed E-state index contributed by atoms with van der Waals surface area (Å²) in [6, 6.07) is 1.61. The lowest BCUT2D eigenvalue weighted by molar-refractivity contribution is -0.328. The number of furan rings is 1. The minimum Gasteiger partial charge on any atom is -0.479 e. The van der Waals surface area contributed by atoms with E-state index in [0.717, 1.165) is 0 Å². The number of fused-ring (bicyclic) bond motifs is 2. The van der Waals surface area contributed by atoms with Gasteiger partial charge in [0, 0.05) is 28.7 Å². The largest absolute Gasteiger partial charge is 0.479 e. The van der Waals surface area contributed by atoms with Gasteiger partial charge in [-0.25, -0.2) is 4.79 Å². The molecule has 0 unspecified atom stereocenters. The fourth-order valence-electron chi connectivity index (χ4n) is 10.5. The molecule has 2 aliphatic carbocycles. The number of carbonyl (C=O) groups is 3. The topological polar surface area (TPSA) is 215 Å². The first-order valence-corrected chi connectivity index (χ1v) is 15.9. The number of rotatable bonds is 6. The van der Waals surface area contributed by atoms with Crippen molar-refractivity contribution in [1.82, 2.24) is 0 Å².